The first-order chi connectivity index (χ1) is 10.1. The van der Waals surface area contributed by atoms with E-state index in [9.17, 15) is 0 Å². The van der Waals surface area contributed by atoms with Gasteiger partial charge in [0.2, 0.25) is 0 Å². The van der Waals surface area contributed by atoms with Crippen LogP contribution in [0.4, 0.5) is 5.82 Å². The molecular formula is C15H21N5S. The van der Waals surface area contributed by atoms with Crippen molar-refractivity contribution in [3.8, 4) is 0 Å². The molecule has 0 amide bonds. The van der Waals surface area contributed by atoms with Crippen molar-refractivity contribution in [1.82, 2.24) is 20.3 Å². The van der Waals surface area contributed by atoms with Gasteiger partial charge in [-0.1, -0.05) is 0 Å². The monoisotopic (exact) mass is 303 g/mol. The predicted octanol–water partition coefficient (Wildman–Crippen LogP) is 2.41. The van der Waals surface area contributed by atoms with Crippen LogP contribution in [0.25, 0.3) is 0 Å². The molecule has 3 heterocycles. The quantitative estimate of drug-likeness (QED) is 0.912. The Morgan fingerprint density at radius 2 is 2.05 bits per heavy atom. The molecule has 2 N–H and O–H groups in total. The van der Waals surface area contributed by atoms with E-state index >= 15 is 0 Å². The lowest BCUT2D eigenvalue weighted by Crippen LogP contribution is -2.16. The largest absolute Gasteiger partial charge is 0.362 e. The van der Waals surface area contributed by atoms with E-state index in [0.717, 1.165) is 48.1 Å². The zero-order valence-corrected chi connectivity index (χ0v) is 13.5. The summed E-state index contributed by atoms with van der Waals surface area (Å²) < 4.78 is 0. The van der Waals surface area contributed by atoms with Gasteiger partial charge in [-0.2, -0.15) is 0 Å². The zero-order valence-electron chi connectivity index (χ0n) is 12.7. The highest BCUT2D eigenvalue weighted by molar-refractivity contribution is 7.11. The standard InChI is InChI=1S/C15H21N5S/c1-9(14-10(2)21-11(3)20-14)19-15-12-4-6-16-7-5-13(12)17-8-18-15/h8-9,16H,4-7H2,1-3H3,(H,17,18,19). The number of anilines is 1. The molecule has 5 nitrogen and oxygen atoms in total. The fraction of sp³-hybridized carbons (Fsp3) is 0.533. The van der Waals surface area contributed by atoms with E-state index in [0.29, 0.717) is 0 Å². The van der Waals surface area contributed by atoms with Gasteiger partial charge in [0.05, 0.1) is 22.4 Å². The van der Waals surface area contributed by atoms with Crippen LogP contribution in [0, 0.1) is 13.8 Å². The molecule has 0 radical (unpaired) electrons. The number of aromatic nitrogens is 3. The maximum Gasteiger partial charge on any atom is 0.133 e. The van der Waals surface area contributed by atoms with Crippen LogP contribution in [0.1, 0.15) is 39.8 Å². The average Bonchev–Trinajstić information content (AvgIpc) is 2.66. The molecule has 21 heavy (non-hydrogen) atoms. The lowest BCUT2D eigenvalue weighted by molar-refractivity contribution is 0.708. The molecule has 1 unspecified atom stereocenters. The Morgan fingerprint density at radius 3 is 2.81 bits per heavy atom. The smallest absolute Gasteiger partial charge is 0.133 e. The van der Waals surface area contributed by atoms with Crippen molar-refractivity contribution in [2.45, 2.75) is 39.7 Å². The van der Waals surface area contributed by atoms with E-state index in [4.69, 9.17) is 0 Å². The van der Waals surface area contributed by atoms with Crippen LogP contribution in [-0.4, -0.2) is 28.0 Å². The molecule has 0 aliphatic carbocycles. The number of thiazole rings is 1. The maximum atomic E-state index is 4.64. The normalized spacial score (nSPS) is 16.1. The van der Waals surface area contributed by atoms with Crippen molar-refractivity contribution in [3.05, 3.63) is 33.2 Å². The number of nitrogens with zero attached hydrogens (tertiary/aromatic N) is 3. The second-order valence-corrected chi connectivity index (χ2v) is 6.85. The van der Waals surface area contributed by atoms with Crippen LogP contribution in [-0.2, 0) is 12.8 Å². The highest BCUT2D eigenvalue weighted by Gasteiger charge is 2.18. The first-order valence-corrected chi connectivity index (χ1v) is 8.20. The van der Waals surface area contributed by atoms with Crippen molar-refractivity contribution >= 4 is 17.2 Å². The summed E-state index contributed by atoms with van der Waals surface area (Å²) in [4.78, 5) is 14.8. The fourth-order valence-corrected chi connectivity index (χ4v) is 3.73. The van der Waals surface area contributed by atoms with Gasteiger partial charge < -0.3 is 10.6 Å². The molecule has 0 saturated heterocycles. The summed E-state index contributed by atoms with van der Waals surface area (Å²) in [5, 5.41) is 8.06. The van der Waals surface area contributed by atoms with Crippen molar-refractivity contribution < 1.29 is 0 Å². The molecule has 0 fully saturated rings. The van der Waals surface area contributed by atoms with Gasteiger partial charge in [0.25, 0.3) is 0 Å². The van der Waals surface area contributed by atoms with E-state index < -0.39 is 0 Å². The summed E-state index contributed by atoms with van der Waals surface area (Å²) in [7, 11) is 0. The number of fused-ring (bicyclic) bond motifs is 1. The van der Waals surface area contributed by atoms with Gasteiger partial charge in [-0.15, -0.1) is 11.3 Å². The van der Waals surface area contributed by atoms with E-state index in [1.54, 1.807) is 17.7 Å². The SMILES string of the molecule is Cc1nc(C(C)Nc2ncnc3c2CCNCC3)c(C)s1. The lowest BCUT2D eigenvalue weighted by atomic mass is 10.1. The summed E-state index contributed by atoms with van der Waals surface area (Å²) in [5.41, 5.74) is 3.53. The molecular weight excluding hydrogens is 282 g/mol. The van der Waals surface area contributed by atoms with Crippen LogP contribution >= 0.6 is 11.3 Å². The molecule has 6 heteroatoms. The van der Waals surface area contributed by atoms with Gasteiger partial charge in [0.1, 0.15) is 12.1 Å². The number of hydrogen-bond donors (Lipinski definition) is 2. The molecule has 0 saturated carbocycles. The van der Waals surface area contributed by atoms with Gasteiger partial charge in [0, 0.05) is 23.4 Å². The predicted molar refractivity (Wildman–Crippen MR) is 85.9 cm³/mol. The van der Waals surface area contributed by atoms with Gasteiger partial charge in [-0.25, -0.2) is 15.0 Å². The van der Waals surface area contributed by atoms with Crippen molar-refractivity contribution in [3.63, 3.8) is 0 Å². The lowest BCUT2D eigenvalue weighted by Gasteiger charge is -2.17. The molecule has 112 valence electrons. The van der Waals surface area contributed by atoms with Crippen LogP contribution in [0.2, 0.25) is 0 Å². The summed E-state index contributed by atoms with van der Waals surface area (Å²) in [5.74, 6) is 0.959. The summed E-state index contributed by atoms with van der Waals surface area (Å²) in [6, 6.07) is 0.158. The molecule has 0 bridgehead atoms. The van der Waals surface area contributed by atoms with Crippen LogP contribution < -0.4 is 10.6 Å². The average molecular weight is 303 g/mol. The third kappa shape index (κ3) is 3.06. The van der Waals surface area contributed by atoms with Crippen LogP contribution in [0.3, 0.4) is 0 Å². The summed E-state index contributed by atoms with van der Waals surface area (Å²) in [6.07, 6.45) is 3.61. The topological polar surface area (TPSA) is 62.7 Å². The summed E-state index contributed by atoms with van der Waals surface area (Å²) >= 11 is 1.75. The maximum absolute atomic E-state index is 4.64. The Hall–Kier alpha value is -1.53. The molecule has 0 aromatic carbocycles. The van der Waals surface area contributed by atoms with Crippen LogP contribution in [0.5, 0.6) is 0 Å². The minimum Gasteiger partial charge on any atom is -0.362 e. The number of nitrogens with one attached hydrogen (secondary N) is 2. The minimum atomic E-state index is 0.158. The van der Waals surface area contributed by atoms with Gasteiger partial charge in [-0.3, -0.25) is 0 Å². The molecule has 1 atom stereocenters. The van der Waals surface area contributed by atoms with E-state index in [-0.39, 0.29) is 6.04 Å². The Labute approximate surface area is 129 Å². The second-order valence-electron chi connectivity index (χ2n) is 5.44. The highest BCUT2D eigenvalue weighted by Crippen LogP contribution is 2.27. The fourth-order valence-electron chi connectivity index (χ4n) is 2.82. The zero-order chi connectivity index (χ0) is 14.8. The van der Waals surface area contributed by atoms with Crippen molar-refractivity contribution in [2.24, 2.45) is 0 Å². The van der Waals surface area contributed by atoms with Crippen molar-refractivity contribution in [1.29, 1.82) is 0 Å². The third-order valence-corrected chi connectivity index (χ3v) is 4.73. The minimum absolute atomic E-state index is 0.158. The first-order valence-electron chi connectivity index (χ1n) is 7.39. The van der Waals surface area contributed by atoms with Crippen molar-refractivity contribution in [2.75, 3.05) is 18.4 Å². The molecule has 2 aromatic heterocycles. The molecule has 1 aliphatic heterocycles. The third-order valence-electron chi connectivity index (χ3n) is 3.83. The Bertz CT molecular complexity index is 637. The first kappa shape index (κ1) is 14.4. The molecule has 1 aliphatic rings. The Morgan fingerprint density at radius 1 is 1.24 bits per heavy atom. The van der Waals surface area contributed by atoms with E-state index in [2.05, 4.69) is 46.4 Å². The molecule has 3 rings (SSSR count). The Balaban J connectivity index is 1.86. The highest BCUT2D eigenvalue weighted by atomic mass is 32.1. The number of hydrogen-bond acceptors (Lipinski definition) is 6. The van der Waals surface area contributed by atoms with Gasteiger partial charge >= 0.3 is 0 Å². The van der Waals surface area contributed by atoms with Gasteiger partial charge in [0.15, 0.2) is 0 Å². The van der Waals surface area contributed by atoms with E-state index in [1.165, 1.54) is 10.4 Å². The number of rotatable bonds is 3. The summed E-state index contributed by atoms with van der Waals surface area (Å²) in [6.45, 7) is 8.30. The number of aryl methyl sites for hydroxylation is 2. The van der Waals surface area contributed by atoms with Crippen LogP contribution in [0.15, 0.2) is 6.33 Å². The molecule has 0 spiro atoms. The molecule has 2 aromatic rings. The van der Waals surface area contributed by atoms with Gasteiger partial charge in [-0.05, 0) is 33.7 Å². The Kier molecular flexibility index (Phi) is 4.17. The second kappa shape index (κ2) is 6.07. The van der Waals surface area contributed by atoms with E-state index in [1.807, 2.05) is 0 Å².